The SMILES string of the molecule is CN=C(NCc1ccc(OCCOC)cc1)N1CCN(c2ccccc2OC)CC1. The molecule has 0 aromatic heterocycles. The van der Waals surface area contributed by atoms with Crippen LogP contribution in [0.4, 0.5) is 5.69 Å². The van der Waals surface area contributed by atoms with E-state index in [2.05, 4.69) is 44.4 Å². The van der Waals surface area contributed by atoms with E-state index in [0.29, 0.717) is 13.2 Å². The number of ether oxygens (including phenoxy) is 3. The molecule has 1 saturated heterocycles. The lowest BCUT2D eigenvalue weighted by atomic mass is 10.2. The van der Waals surface area contributed by atoms with E-state index in [0.717, 1.165) is 55.9 Å². The molecule has 1 heterocycles. The topological polar surface area (TPSA) is 58.6 Å². The van der Waals surface area contributed by atoms with Gasteiger partial charge in [0.1, 0.15) is 18.1 Å². The highest BCUT2D eigenvalue weighted by molar-refractivity contribution is 5.80. The molecule has 2 aromatic carbocycles. The quantitative estimate of drug-likeness (QED) is 0.409. The highest BCUT2D eigenvalue weighted by atomic mass is 16.5. The highest BCUT2D eigenvalue weighted by Gasteiger charge is 2.21. The normalized spacial score (nSPS) is 14.6. The van der Waals surface area contributed by atoms with Crippen LogP contribution in [-0.2, 0) is 11.3 Å². The van der Waals surface area contributed by atoms with Crippen molar-refractivity contribution in [2.24, 2.45) is 4.99 Å². The average Bonchev–Trinajstić information content (AvgIpc) is 2.81. The lowest BCUT2D eigenvalue weighted by Crippen LogP contribution is -2.52. The molecule has 1 aliphatic rings. The van der Waals surface area contributed by atoms with E-state index in [1.165, 1.54) is 5.56 Å². The summed E-state index contributed by atoms with van der Waals surface area (Å²) in [6.45, 7) is 5.53. The van der Waals surface area contributed by atoms with Crippen LogP contribution >= 0.6 is 0 Å². The first kappa shape index (κ1) is 21.8. The number of hydrogen-bond acceptors (Lipinski definition) is 5. The minimum Gasteiger partial charge on any atom is -0.495 e. The van der Waals surface area contributed by atoms with Crippen molar-refractivity contribution in [3.05, 3.63) is 54.1 Å². The smallest absolute Gasteiger partial charge is 0.194 e. The third-order valence-corrected chi connectivity index (χ3v) is 5.15. The number of benzene rings is 2. The maximum atomic E-state index is 5.62. The number of piperazine rings is 1. The second-order valence-corrected chi connectivity index (χ2v) is 7.03. The average molecular weight is 413 g/mol. The van der Waals surface area contributed by atoms with Crippen molar-refractivity contribution < 1.29 is 14.2 Å². The molecule has 162 valence electrons. The summed E-state index contributed by atoms with van der Waals surface area (Å²) in [7, 11) is 5.23. The van der Waals surface area contributed by atoms with Crippen molar-refractivity contribution in [1.29, 1.82) is 0 Å². The van der Waals surface area contributed by atoms with Gasteiger partial charge in [0, 0.05) is 46.9 Å². The molecule has 1 aliphatic heterocycles. The molecule has 0 radical (unpaired) electrons. The Labute approximate surface area is 179 Å². The van der Waals surface area contributed by atoms with Gasteiger partial charge in [-0.2, -0.15) is 0 Å². The Morgan fingerprint density at radius 1 is 0.967 bits per heavy atom. The molecule has 2 aromatic rings. The summed E-state index contributed by atoms with van der Waals surface area (Å²) in [4.78, 5) is 9.14. The standard InChI is InChI=1S/C23H32N4O3/c1-24-23(25-18-19-8-10-20(11-9-19)30-17-16-28-2)27-14-12-26(13-15-27)21-6-4-5-7-22(21)29-3/h4-11H,12-18H2,1-3H3,(H,24,25). The number of rotatable bonds is 8. The van der Waals surface area contributed by atoms with Crippen LogP contribution in [0.2, 0.25) is 0 Å². The molecule has 0 unspecified atom stereocenters. The van der Waals surface area contributed by atoms with Crippen molar-refractivity contribution in [1.82, 2.24) is 10.2 Å². The van der Waals surface area contributed by atoms with Crippen LogP contribution in [-0.4, -0.2) is 71.5 Å². The Balaban J connectivity index is 1.49. The maximum absolute atomic E-state index is 5.62. The molecule has 30 heavy (non-hydrogen) atoms. The molecule has 1 fully saturated rings. The van der Waals surface area contributed by atoms with Crippen LogP contribution < -0.4 is 19.7 Å². The van der Waals surface area contributed by atoms with Crippen LogP contribution in [0.15, 0.2) is 53.5 Å². The molecule has 1 N–H and O–H groups in total. The summed E-state index contributed by atoms with van der Waals surface area (Å²) in [5.41, 5.74) is 2.33. The largest absolute Gasteiger partial charge is 0.495 e. The molecule has 7 heteroatoms. The van der Waals surface area contributed by atoms with Crippen molar-refractivity contribution in [3.8, 4) is 11.5 Å². The number of aliphatic imine (C=N–C) groups is 1. The van der Waals surface area contributed by atoms with Crippen LogP contribution in [0.5, 0.6) is 11.5 Å². The van der Waals surface area contributed by atoms with Gasteiger partial charge in [0.2, 0.25) is 0 Å². The summed E-state index contributed by atoms with van der Waals surface area (Å²) in [6, 6.07) is 16.3. The van der Waals surface area contributed by atoms with Gasteiger partial charge in [-0.1, -0.05) is 24.3 Å². The number of hydrogen-bond donors (Lipinski definition) is 1. The third kappa shape index (κ3) is 5.79. The molecular weight excluding hydrogens is 380 g/mol. The molecular formula is C23H32N4O3. The van der Waals surface area contributed by atoms with Gasteiger partial charge in [-0.15, -0.1) is 0 Å². The predicted molar refractivity (Wildman–Crippen MR) is 121 cm³/mol. The molecule has 3 rings (SSSR count). The van der Waals surface area contributed by atoms with Gasteiger partial charge in [-0.05, 0) is 29.8 Å². The second-order valence-electron chi connectivity index (χ2n) is 7.03. The zero-order chi connectivity index (χ0) is 21.2. The maximum Gasteiger partial charge on any atom is 0.194 e. The van der Waals surface area contributed by atoms with E-state index in [4.69, 9.17) is 14.2 Å². The van der Waals surface area contributed by atoms with E-state index < -0.39 is 0 Å². The van der Waals surface area contributed by atoms with Crippen molar-refractivity contribution in [3.63, 3.8) is 0 Å². The van der Waals surface area contributed by atoms with Gasteiger partial charge in [0.15, 0.2) is 5.96 Å². The van der Waals surface area contributed by atoms with Gasteiger partial charge in [0.05, 0.1) is 19.4 Å². The minimum absolute atomic E-state index is 0.557. The Bertz CT molecular complexity index is 802. The van der Waals surface area contributed by atoms with E-state index in [9.17, 15) is 0 Å². The lowest BCUT2D eigenvalue weighted by molar-refractivity contribution is 0.146. The number of methoxy groups -OCH3 is 2. The molecule has 7 nitrogen and oxygen atoms in total. The zero-order valence-corrected chi connectivity index (χ0v) is 18.1. The van der Waals surface area contributed by atoms with Crippen LogP contribution in [0.3, 0.4) is 0 Å². The first-order chi connectivity index (χ1) is 14.7. The van der Waals surface area contributed by atoms with Gasteiger partial charge in [-0.25, -0.2) is 0 Å². The van der Waals surface area contributed by atoms with E-state index in [1.807, 2.05) is 31.3 Å². The zero-order valence-electron chi connectivity index (χ0n) is 18.1. The fourth-order valence-electron chi connectivity index (χ4n) is 3.51. The van der Waals surface area contributed by atoms with Gasteiger partial charge in [-0.3, -0.25) is 4.99 Å². The summed E-state index contributed by atoms with van der Waals surface area (Å²) < 4.78 is 16.1. The molecule has 0 bridgehead atoms. The van der Waals surface area contributed by atoms with E-state index >= 15 is 0 Å². The molecule has 0 aliphatic carbocycles. The number of nitrogens with one attached hydrogen (secondary N) is 1. The Morgan fingerprint density at radius 2 is 1.70 bits per heavy atom. The first-order valence-corrected chi connectivity index (χ1v) is 10.3. The molecule has 0 spiro atoms. The van der Waals surface area contributed by atoms with Crippen LogP contribution in [0, 0.1) is 0 Å². The molecule has 0 saturated carbocycles. The summed E-state index contributed by atoms with van der Waals surface area (Å²) in [5, 5.41) is 3.48. The monoisotopic (exact) mass is 412 g/mol. The number of guanidine groups is 1. The van der Waals surface area contributed by atoms with Crippen molar-refractivity contribution in [2.75, 3.05) is 65.6 Å². The summed E-state index contributed by atoms with van der Waals surface area (Å²) in [5.74, 6) is 2.70. The number of nitrogens with zero attached hydrogens (tertiary/aromatic N) is 3. The van der Waals surface area contributed by atoms with E-state index in [1.54, 1.807) is 14.2 Å². The Morgan fingerprint density at radius 3 is 2.37 bits per heavy atom. The summed E-state index contributed by atoms with van der Waals surface area (Å²) in [6.07, 6.45) is 0. The molecule has 0 atom stereocenters. The van der Waals surface area contributed by atoms with Crippen molar-refractivity contribution in [2.45, 2.75) is 6.54 Å². The van der Waals surface area contributed by atoms with E-state index in [-0.39, 0.29) is 0 Å². The first-order valence-electron chi connectivity index (χ1n) is 10.3. The van der Waals surface area contributed by atoms with Crippen LogP contribution in [0.1, 0.15) is 5.56 Å². The van der Waals surface area contributed by atoms with Gasteiger partial charge >= 0.3 is 0 Å². The lowest BCUT2D eigenvalue weighted by Gasteiger charge is -2.38. The van der Waals surface area contributed by atoms with Crippen molar-refractivity contribution >= 4 is 11.6 Å². The molecule has 0 amide bonds. The Hall–Kier alpha value is -2.93. The highest BCUT2D eigenvalue weighted by Crippen LogP contribution is 2.28. The Kier molecular flexibility index (Phi) is 8.20. The third-order valence-electron chi connectivity index (χ3n) is 5.15. The van der Waals surface area contributed by atoms with Crippen LogP contribution in [0.25, 0.3) is 0 Å². The van der Waals surface area contributed by atoms with Gasteiger partial charge in [0.25, 0.3) is 0 Å². The fourth-order valence-corrected chi connectivity index (χ4v) is 3.51. The van der Waals surface area contributed by atoms with Gasteiger partial charge < -0.3 is 29.3 Å². The summed E-state index contributed by atoms with van der Waals surface area (Å²) >= 11 is 0. The minimum atomic E-state index is 0.557. The number of anilines is 1. The number of para-hydroxylation sites is 2. The predicted octanol–water partition coefficient (Wildman–Crippen LogP) is 2.62. The fraction of sp³-hybridized carbons (Fsp3) is 0.435. The second kappa shape index (κ2) is 11.3.